The Labute approximate surface area is 143 Å². The number of ether oxygens (including phenoxy) is 1. The molecule has 3 heterocycles. The molecule has 4 rings (SSSR count). The van der Waals surface area contributed by atoms with Crippen LogP contribution < -0.4 is 10.1 Å². The first kappa shape index (κ1) is 15.2. The second-order valence-electron chi connectivity index (χ2n) is 5.60. The molecule has 0 fully saturated rings. The first-order valence-electron chi connectivity index (χ1n) is 7.81. The molecule has 3 aromatic heterocycles. The molecule has 7 heteroatoms. The fourth-order valence-corrected chi connectivity index (χ4v) is 2.73. The van der Waals surface area contributed by atoms with Crippen LogP contribution in [0.15, 0.2) is 47.0 Å². The third kappa shape index (κ3) is 2.69. The molecular formula is C18H16N4O3. The summed E-state index contributed by atoms with van der Waals surface area (Å²) in [7, 11) is 1.60. The van der Waals surface area contributed by atoms with Crippen LogP contribution in [0.4, 0.5) is 0 Å². The normalized spacial score (nSPS) is 11.1. The number of pyridine rings is 1. The molecule has 0 radical (unpaired) electrons. The van der Waals surface area contributed by atoms with Crippen molar-refractivity contribution in [3.63, 3.8) is 0 Å². The number of imidazole rings is 1. The number of fused-ring (bicyclic) bond motifs is 2. The van der Waals surface area contributed by atoms with Gasteiger partial charge in [0.15, 0.2) is 5.58 Å². The summed E-state index contributed by atoms with van der Waals surface area (Å²) in [6, 6.07) is 11.0. The van der Waals surface area contributed by atoms with Crippen molar-refractivity contribution in [1.29, 1.82) is 0 Å². The van der Waals surface area contributed by atoms with E-state index in [1.165, 1.54) is 0 Å². The van der Waals surface area contributed by atoms with Gasteiger partial charge in [0, 0.05) is 12.3 Å². The second kappa shape index (κ2) is 5.94. The lowest BCUT2D eigenvalue weighted by atomic mass is 10.3. The number of aryl methyl sites for hydroxylation is 1. The van der Waals surface area contributed by atoms with E-state index in [-0.39, 0.29) is 12.5 Å². The Kier molecular flexibility index (Phi) is 3.61. The molecule has 0 atom stereocenters. The number of carbonyl (C=O) groups is 1. The van der Waals surface area contributed by atoms with Crippen molar-refractivity contribution in [1.82, 2.24) is 19.7 Å². The Bertz CT molecular complexity index is 1080. The zero-order chi connectivity index (χ0) is 17.4. The van der Waals surface area contributed by atoms with E-state index in [1.54, 1.807) is 25.3 Å². The molecule has 0 unspecified atom stereocenters. The van der Waals surface area contributed by atoms with Crippen LogP contribution in [-0.2, 0) is 6.54 Å². The van der Waals surface area contributed by atoms with Gasteiger partial charge in [-0.15, -0.1) is 0 Å². The van der Waals surface area contributed by atoms with Gasteiger partial charge in [-0.05, 0) is 31.2 Å². The van der Waals surface area contributed by atoms with Gasteiger partial charge in [0.25, 0.3) is 5.91 Å². The van der Waals surface area contributed by atoms with E-state index in [4.69, 9.17) is 9.15 Å². The second-order valence-corrected chi connectivity index (χ2v) is 5.60. The maximum atomic E-state index is 12.4. The van der Waals surface area contributed by atoms with Crippen LogP contribution in [0.2, 0.25) is 0 Å². The van der Waals surface area contributed by atoms with Crippen molar-refractivity contribution in [2.45, 2.75) is 13.5 Å². The smallest absolute Gasteiger partial charge is 0.272 e. The minimum absolute atomic E-state index is 0.184. The van der Waals surface area contributed by atoms with Gasteiger partial charge >= 0.3 is 0 Å². The molecule has 4 aromatic rings. The quantitative estimate of drug-likeness (QED) is 0.620. The topological polar surface area (TPSA) is 81.7 Å². The number of rotatable bonds is 4. The lowest BCUT2D eigenvalue weighted by Gasteiger charge is -2.00. The number of amides is 1. The van der Waals surface area contributed by atoms with Gasteiger partial charge in [0.2, 0.25) is 5.89 Å². The number of nitrogens with zero attached hydrogens (tertiary/aromatic N) is 3. The first-order chi connectivity index (χ1) is 12.2. The summed E-state index contributed by atoms with van der Waals surface area (Å²) >= 11 is 0. The molecule has 126 valence electrons. The maximum Gasteiger partial charge on any atom is 0.272 e. The van der Waals surface area contributed by atoms with Gasteiger partial charge in [0.1, 0.15) is 22.6 Å². The number of nitrogens with one attached hydrogen (secondary N) is 1. The number of hydrogen-bond donors (Lipinski definition) is 1. The summed E-state index contributed by atoms with van der Waals surface area (Å²) in [6.07, 6.45) is 1.88. The summed E-state index contributed by atoms with van der Waals surface area (Å²) in [6.45, 7) is 2.05. The van der Waals surface area contributed by atoms with Crippen LogP contribution in [-0.4, -0.2) is 27.4 Å². The van der Waals surface area contributed by atoms with E-state index in [0.29, 0.717) is 28.4 Å². The maximum absolute atomic E-state index is 12.4. The number of methoxy groups -OCH3 is 1. The number of carbonyl (C=O) groups excluding carboxylic acids is 1. The Morgan fingerprint density at radius 3 is 2.96 bits per heavy atom. The molecule has 7 nitrogen and oxygen atoms in total. The molecule has 0 spiro atoms. The third-order valence-corrected chi connectivity index (χ3v) is 4.02. The highest BCUT2D eigenvalue weighted by atomic mass is 16.5. The molecule has 0 saturated heterocycles. The molecule has 1 N–H and O–H groups in total. The fourth-order valence-electron chi connectivity index (χ4n) is 2.73. The lowest BCUT2D eigenvalue weighted by Crippen LogP contribution is -2.24. The summed E-state index contributed by atoms with van der Waals surface area (Å²) in [5.41, 5.74) is 3.25. The van der Waals surface area contributed by atoms with E-state index in [0.717, 1.165) is 11.3 Å². The molecule has 1 aromatic carbocycles. The van der Waals surface area contributed by atoms with Gasteiger partial charge in [-0.3, -0.25) is 4.79 Å². The zero-order valence-corrected chi connectivity index (χ0v) is 13.8. The van der Waals surface area contributed by atoms with Crippen molar-refractivity contribution in [2.24, 2.45) is 0 Å². The van der Waals surface area contributed by atoms with Gasteiger partial charge < -0.3 is 18.9 Å². The molecule has 0 aliphatic rings. The Balaban J connectivity index is 1.54. The Morgan fingerprint density at radius 2 is 2.16 bits per heavy atom. The van der Waals surface area contributed by atoms with Crippen LogP contribution in [0.25, 0.3) is 16.7 Å². The van der Waals surface area contributed by atoms with E-state index in [9.17, 15) is 4.79 Å². The van der Waals surface area contributed by atoms with E-state index >= 15 is 0 Å². The van der Waals surface area contributed by atoms with Crippen molar-refractivity contribution >= 4 is 22.7 Å². The van der Waals surface area contributed by atoms with Gasteiger partial charge in [-0.2, -0.15) is 0 Å². The SMILES string of the molecule is COc1ccc2oc(CNC(=O)c3nc4ccccn4c3C)nc2c1. The van der Waals surface area contributed by atoms with Crippen molar-refractivity contribution in [3.05, 3.63) is 59.9 Å². The summed E-state index contributed by atoms with van der Waals surface area (Å²) < 4.78 is 12.7. The molecule has 0 aliphatic carbocycles. The summed E-state index contributed by atoms with van der Waals surface area (Å²) in [5.74, 6) is 0.871. The standard InChI is InChI=1S/C18H16N4O3/c1-11-17(21-15-5-3-4-8-22(11)15)18(23)19-10-16-20-13-9-12(24-2)6-7-14(13)25-16/h3-9H,10H2,1-2H3,(H,19,23). The van der Waals surface area contributed by atoms with Crippen molar-refractivity contribution < 1.29 is 13.9 Å². The van der Waals surface area contributed by atoms with Crippen LogP contribution in [0.1, 0.15) is 22.1 Å². The average Bonchev–Trinajstić information content (AvgIpc) is 3.20. The molecule has 0 aliphatic heterocycles. The van der Waals surface area contributed by atoms with E-state index in [2.05, 4.69) is 15.3 Å². The van der Waals surface area contributed by atoms with Crippen molar-refractivity contribution in [3.8, 4) is 5.75 Å². The van der Waals surface area contributed by atoms with Crippen LogP contribution in [0, 0.1) is 6.92 Å². The lowest BCUT2D eigenvalue weighted by molar-refractivity contribution is 0.0942. The fraction of sp³-hybridized carbons (Fsp3) is 0.167. The Morgan fingerprint density at radius 1 is 1.28 bits per heavy atom. The van der Waals surface area contributed by atoms with Gasteiger partial charge in [0.05, 0.1) is 19.3 Å². The molecule has 25 heavy (non-hydrogen) atoms. The highest BCUT2D eigenvalue weighted by molar-refractivity contribution is 5.94. The predicted molar refractivity (Wildman–Crippen MR) is 91.7 cm³/mol. The van der Waals surface area contributed by atoms with Crippen molar-refractivity contribution in [2.75, 3.05) is 7.11 Å². The number of aromatic nitrogens is 3. The van der Waals surface area contributed by atoms with Crippen LogP contribution in [0.5, 0.6) is 5.75 Å². The van der Waals surface area contributed by atoms with Crippen LogP contribution >= 0.6 is 0 Å². The van der Waals surface area contributed by atoms with E-state index in [1.807, 2.05) is 35.7 Å². The number of oxazole rings is 1. The largest absolute Gasteiger partial charge is 0.497 e. The monoisotopic (exact) mass is 336 g/mol. The minimum Gasteiger partial charge on any atom is -0.497 e. The molecular weight excluding hydrogens is 320 g/mol. The minimum atomic E-state index is -0.263. The molecule has 0 saturated carbocycles. The van der Waals surface area contributed by atoms with Gasteiger partial charge in [-0.1, -0.05) is 6.07 Å². The molecule has 0 bridgehead atoms. The van der Waals surface area contributed by atoms with Crippen LogP contribution in [0.3, 0.4) is 0 Å². The Hall–Kier alpha value is -3.35. The number of benzene rings is 1. The average molecular weight is 336 g/mol. The third-order valence-electron chi connectivity index (χ3n) is 4.02. The summed E-state index contributed by atoms with van der Waals surface area (Å²) in [4.78, 5) is 21.2. The predicted octanol–water partition coefficient (Wildman–Crippen LogP) is 2.72. The number of hydrogen-bond acceptors (Lipinski definition) is 5. The first-order valence-corrected chi connectivity index (χ1v) is 7.81. The van der Waals surface area contributed by atoms with E-state index < -0.39 is 0 Å². The highest BCUT2D eigenvalue weighted by Gasteiger charge is 2.16. The highest BCUT2D eigenvalue weighted by Crippen LogP contribution is 2.21. The summed E-state index contributed by atoms with van der Waals surface area (Å²) in [5, 5.41) is 2.80. The molecule has 1 amide bonds. The van der Waals surface area contributed by atoms with Gasteiger partial charge in [-0.25, -0.2) is 9.97 Å². The zero-order valence-electron chi connectivity index (χ0n) is 13.8.